The van der Waals surface area contributed by atoms with Crippen LogP contribution in [0.25, 0.3) is 5.57 Å². The van der Waals surface area contributed by atoms with E-state index in [1.165, 1.54) is 11.3 Å². The van der Waals surface area contributed by atoms with Gasteiger partial charge < -0.3 is 10.1 Å². The number of para-hydroxylation sites is 1. The van der Waals surface area contributed by atoms with Gasteiger partial charge in [0.15, 0.2) is 5.13 Å². The predicted molar refractivity (Wildman–Crippen MR) is 86.7 cm³/mol. The number of carbonyl (C=O) groups excluding carboxylic acids is 1. The summed E-state index contributed by atoms with van der Waals surface area (Å²) in [7, 11) is 0. The number of thiazole rings is 1. The predicted octanol–water partition coefficient (Wildman–Crippen LogP) is 4.24. The molecule has 0 saturated heterocycles. The van der Waals surface area contributed by atoms with Crippen molar-refractivity contribution >= 4 is 33.7 Å². The van der Waals surface area contributed by atoms with Crippen molar-refractivity contribution in [1.82, 2.24) is 4.98 Å². The van der Waals surface area contributed by atoms with Crippen LogP contribution in [0.2, 0.25) is 0 Å². The Kier molecular flexibility index (Phi) is 5.51. The van der Waals surface area contributed by atoms with Crippen LogP contribution in [0.4, 0.5) is 10.8 Å². The summed E-state index contributed by atoms with van der Waals surface area (Å²) in [5.41, 5.74) is 2.14. The van der Waals surface area contributed by atoms with Crippen molar-refractivity contribution in [2.45, 2.75) is 20.3 Å². The van der Waals surface area contributed by atoms with Gasteiger partial charge in [0.05, 0.1) is 17.9 Å². The van der Waals surface area contributed by atoms with Crippen molar-refractivity contribution in [3.63, 3.8) is 0 Å². The lowest BCUT2D eigenvalue weighted by Gasteiger charge is -2.04. The topological polar surface area (TPSA) is 51.2 Å². The number of hydrogen-bond acceptors (Lipinski definition) is 5. The van der Waals surface area contributed by atoms with E-state index >= 15 is 0 Å². The van der Waals surface area contributed by atoms with E-state index in [2.05, 4.69) is 10.3 Å². The number of allylic oxidation sites excluding steroid dienone is 1. The van der Waals surface area contributed by atoms with E-state index < -0.39 is 0 Å². The summed E-state index contributed by atoms with van der Waals surface area (Å²) in [4.78, 5) is 16.4. The second-order valence-corrected chi connectivity index (χ2v) is 5.13. The number of carbonyl (C=O) groups is 1. The lowest BCUT2D eigenvalue weighted by molar-refractivity contribution is -0.136. The molecule has 1 aromatic carbocycles. The normalized spacial score (nSPS) is 11.2. The van der Waals surface area contributed by atoms with Gasteiger partial charge in [0.1, 0.15) is 0 Å². The molecule has 0 atom stereocenters. The minimum atomic E-state index is -0.323. The number of nitrogens with zero attached hydrogens (tertiary/aromatic N) is 1. The van der Waals surface area contributed by atoms with Crippen molar-refractivity contribution < 1.29 is 9.53 Å². The number of nitrogens with one attached hydrogen (secondary N) is 1. The van der Waals surface area contributed by atoms with E-state index in [0.717, 1.165) is 17.2 Å². The first-order valence-corrected chi connectivity index (χ1v) is 7.77. The summed E-state index contributed by atoms with van der Waals surface area (Å²) in [6, 6.07) is 9.81. The minimum absolute atomic E-state index is 0.323. The zero-order chi connectivity index (χ0) is 15.1. The molecule has 0 saturated carbocycles. The molecule has 0 aliphatic rings. The number of hydrogen-bond donors (Lipinski definition) is 1. The molecule has 0 bridgehead atoms. The minimum Gasteiger partial charge on any atom is -0.462 e. The SMILES string of the molecule is CC/C=C(\C(=O)OCC)c1csc(Nc2ccccc2)n1. The first kappa shape index (κ1) is 15.3. The third kappa shape index (κ3) is 4.16. The average molecular weight is 302 g/mol. The van der Waals surface area contributed by atoms with Gasteiger partial charge in [-0.05, 0) is 25.5 Å². The zero-order valence-electron chi connectivity index (χ0n) is 12.1. The Hall–Kier alpha value is -2.14. The zero-order valence-corrected chi connectivity index (χ0v) is 12.9. The van der Waals surface area contributed by atoms with Gasteiger partial charge in [-0.1, -0.05) is 31.2 Å². The molecule has 5 heteroatoms. The first-order chi connectivity index (χ1) is 10.2. The fraction of sp³-hybridized carbons (Fsp3) is 0.250. The molecule has 0 aliphatic heterocycles. The second-order valence-electron chi connectivity index (χ2n) is 4.28. The highest BCUT2D eigenvalue weighted by Crippen LogP contribution is 2.25. The lowest BCUT2D eigenvalue weighted by atomic mass is 10.2. The maximum absolute atomic E-state index is 12.0. The molecule has 2 rings (SSSR count). The molecule has 0 unspecified atom stereocenters. The lowest BCUT2D eigenvalue weighted by Crippen LogP contribution is -2.07. The first-order valence-electron chi connectivity index (χ1n) is 6.89. The molecule has 110 valence electrons. The number of ether oxygens (including phenoxy) is 1. The van der Waals surface area contributed by atoms with Crippen molar-refractivity contribution in [2.75, 3.05) is 11.9 Å². The summed E-state index contributed by atoms with van der Waals surface area (Å²) in [5, 5.41) is 5.84. The second kappa shape index (κ2) is 7.59. The van der Waals surface area contributed by atoms with E-state index in [1.807, 2.05) is 48.7 Å². The van der Waals surface area contributed by atoms with Crippen LogP contribution in [-0.2, 0) is 9.53 Å². The van der Waals surface area contributed by atoms with Gasteiger partial charge in [0, 0.05) is 11.1 Å². The molecule has 0 spiro atoms. The van der Waals surface area contributed by atoms with Crippen LogP contribution in [0, 0.1) is 0 Å². The molecule has 4 nitrogen and oxygen atoms in total. The molecule has 2 aromatic rings. The van der Waals surface area contributed by atoms with Gasteiger partial charge >= 0.3 is 5.97 Å². The van der Waals surface area contributed by atoms with Gasteiger partial charge in [-0.2, -0.15) is 0 Å². The summed E-state index contributed by atoms with van der Waals surface area (Å²) in [6.45, 7) is 4.14. The molecule has 21 heavy (non-hydrogen) atoms. The fourth-order valence-corrected chi connectivity index (χ4v) is 2.54. The number of aromatic nitrogens is 1. The van der Waals surface area contributed by atoms with Crippen LogP contribution >= 0.6 is 11.3 Å². The number of rotatable bonds is 6. The third-order valence-electron chi connectivity index (χ3n) is 2.71. The van der Waals surface area contributed by atoms with Gasteiger partial charge in [0.2, 0.25) is 0 Å². The summed E-state index contributed by atoms with van der Waals surface area (Å²) >= 11 is 1.46. The molecule has 1 aromatic heterocycles. The van der Waals surface area contributed by atoms with Crippen LogP contribution in [0.3, 0.4) is 0 Å². The van der Waals surface area contributed by atoms with Crippen LogP contribution in [0.15, 0.2) is 41.8 Å². The molecule has 1 N–H and O–H groups in total. The van der Waals surface area contributed by atoms with Gasteiger partial charge in [-0.15, -0.1) is 11.3 Å². The molecule has 0 radical (unpaired) electrons. The van der Waals surface area contributed by atoms with Crippen molar-refractivity contribution in [1.29, 1.82) is 0 Å². The van der Waals surface area contributed by atoms with Crippen LogP contribution < -0.4 is 5.32 Å². The maximum atomic E-state index is 12.0. The summed E-state index contributed by atoms with van der Waals surface area (Å²) < 4.78 is 5.08. The molecular weight excluding hydrogens is 284 g/mol. The van der Waals surface area contributed by atoms with E-state index in [-0.39, 0.29) is 5.97 Å². The van der Waals surface area contributed by atoms with Gasteiger partial charge in [0.25, 0.3) is 0 Å². The molecule has 0 aliphatic carbocycles. The molecule has 1 heterocycles. The number of anilines is 2. The highest BCUT2D eigenvalue weighted by molar-refractivity contribution is 7.13. The van der Waals surface area contributed by atoms with Crippen LogP contribution in [0.5, 0.6) is 0 Å². The van der Waals surface area contributed by atoms with Crippen molar-refractivity contribution in [3.8, 4) is 0 Å². The highest BCUT2D eigenvalue weighted by atomic mass is 32.1. The Balaban J connectivity index is 2.17. The Morgan fingerprint density at radius 3 is 2.76 bits per heavy atom. The Morgan fingerprint density at radius 1 is 1.33 bits per heavy atom. The fourth-order valence-electron chi connectivity index (χ4n) is 1.81. The van der Waals surface area contributed by atoms with E-state index in [0.29, 0.717) is 17.9 Å². The Morgan fingerprint density at radius 2 is 2.10 bits per heavy atom. The van der Waals surface area contributed by atoms with Crippen LogP contribution in [0.1, 0.15) is 26.0 Å². The smallest absolute Gasteiger partial charge is 0.340 e. The quantitative estimate of drug-likeness (QED) is 0.640. The van der Waals surface area contributed by atoms with E-state index in [1.54, 1.807) is 6.92 Å². The highest BCUT2D eigenvalue weighted by Gasteiger charge is 2.16. The Labute approximate surface area is 128 Å². The van der Waals surface area contributed by atoms with Gasteiger partial charge in [-0.3, -0.25) is 0 Å². The summed E-state index contributed by atoms with van der Waals surface area (Å²) in [6.07, 6.45) is 2.60. The summed E-state index contributed by atoms with van der Waals surface area (Å²) in [5.74, 6) is -0.323. The third-order valence-corrected chi connectivity index (χ3v) is 3.47. The molecule has 0 fully saturated rings. The van der Waals surface area contributed by atoms with Crippen LogP contribution in [-0.4, -0.2) is 17.6 Å². The van der Waals surface area contributed by atoms with Crippen molar-refractivity contribution in [3.05, 3.63) is 47.5 Å². The molecular formula is C16H18N2O2S. The van der Waals surface area contributed by atoms with Crippen molar-refractivity contribution in [2.24, 2.45) is 0 Å². The molecule has 0 amide bonds. The average Bonchev–Trinajstić information content (AvgIpc) is 2.94. The standard InChI is InChI=1S/C16H18N2O2S/c1-3-8-13(15(19)20-4-2)14-11-21-16(18-14)17-12-9-6-5-7-10-12/h5-11H,3-4H2,1-2H3,(H,17,18)/b13-8-. The number of esters is 1. The largest absolute Gasteiger partial charge is 0.462 e. The number of benzene rings is 1. The van der Waals surface area contributed by atoms with Gasteiger partial charge in [-0.25, -0.2) is 9.78 Å². The monoisotopic (exact) mass is 302 g/mol. The van der Waals surface area contributed by atoms with E-state index in [4.69, 9.17) is 4.74 Å². The maximum Gasteiger partial charge on any atom is 0.340 e. The Bertz CT molecular complexity index is 620. The van der Waals surface area contributed by atoms with E-state index in [9.17, 15) is 4.79 Å².